The van der Waals surface area contributed by atoms with Crippen molar-refractivity contribution in [3.8, 4) is 5.75 Å². The van der Waals surface area contributed by atoms with Gasteiger partial charge in [0.2, 0.25) is 0 Å². The second kappa shape index (κ2) is 7.23. The summed E-state index contributed by atoms with van der Waals surface area (Å²) < 4.78 is 11.3. The molecule has 0 bridgehead atoms. The Balaban J connectivity index is 1.79. The number of ether oxygens (including phenoxy) is 2. The highest BCUT2D eigenvalue weighted by molar-refractivity contribution is 7.12. The third-order valence-corrected chi connectivity index (χ3v) is 4.81. The SMILES string of the molecule is COc1cc(NC(=O)c2cccs2)ccc1N1CC(C)OC(C)C1. The molecule has 0 radical (unpaired) electrons. The molecule has 0 spiro atoms. The lowest BCUT2D eigenvalue weighted by Crippen LogP contribution is -2.45. The predicted molar refractivity (Wildman–Crippen MR) is 97.5 cm³/mol. The largest absolute Gasteiger partial charge is 0.495 e. The summed E-state index contributed by atoms with van der Waals surface area (Å²) in [6.45, 7) is 5.79. The molecule has 2 aromatic rings. The molecule has 1 fully saturated rings. The highest BCUT2D eigenvalue weighted by atomic mass is 32.1. The third kappa shape index (κ3) is 3.71. The lowest BCUT2D eigenvalue weighted by molar-refractivity contribution is -0.00532. The summed E-state index contributed by atoms with van der Waals surface area (Å²) in [5.74, 6) is 0.647. The van der Waals surface area contributed by atoms with E-state index in [2.05, 4.69) is 24.1 Å². The number of rotatable bonds is 4. The molecular formula is C18H22N2O3S. The van der Waals surface area contributed by atoms with E-state index in [-0.39, 0.29) is 18.1 Å². The zero-order chi connectivity index (χ0) is 17.1. The van der Waals surface area contributed by atoms with Crippen LogP contribution in [0, 0.1) is 0 Å². The number of methoxy groups -OCH3 is 1. The maximum Gasteiger partial charge on any atom is 0.265 e. The van der Waals surface area contributed by atoms with Crippen molar-refractivity contribution in [2.24, 2.45) is 0 Å². The minimum absolute atomic E-state index is 0.103. The molecule has 5 nitrogen and oxygen atoms in total. The summed E-state index contributed by atoms with van der Waals surface area (Å²) in [6.07, 6.45) is 0.355. The first kappa shape index (κ1) is 16.8. The summed E-state index contributed by atoms with van der Waals surface area (Å²) in [5, 5.41) is 4.80. The fourth-order valence-electron chi connectivity index (χ4n) is 2.99. The van der Waals surface area contributed by atoms with Gasteiger partial charge in [-0.3, -0.25) is 4.79 Å². The van der Waals surface area contributed by atoms with E-state index in [1.165, 1.54) is 11.3 Å². The van der Waals surface area contributed by atoms with Gasteiger partial charge in [-0.15, -0.1) is 11.3 Å². The first-order valence-electron chi connectivity index (χ1n) is 8.00. The Kier molecular flexibility index (Phi) is 5.06. The van der Waals surface area contributed by atoms with Gasteiger partial charge in [0.25, 0.3) is 5.91 Å². The second-order valence-corrected chi connectivity index (χ2v) is 6.93. The first-order valence-corrected chi connectivity index (χ1v) is 8.88. The van der Waals surface area contributed by atoms with Crippen LogP contribution in [-0.4, -0.2) is 38.3 Å². The number of anilines is 2. The molecule has 6 heteroatoms. The molecule has 0 aliphatic carbocycles. The van der Waals surface area contributed by atoms with Crippen LogP contribution in [0.25, 0.3) is 0 Å². The molecule has 128 valence electrons. The summed E-state index contributed by atoms with van der Waals surface area (Å²) >= 11 is 1.42. The smallest absolute Gasteiger partial charge is 0.265 e. The average molecular weight is 346 g/mol. The van der Waals surface area contributed by atoms with Gasteiger partial charge >= 0.3 is 0 Å². The molecule has 2 atom stereocenters. The van der Waals surface area contributed by atoms with Crippen molar-refractivity contribution in [3.63, 3.8) is 0 Å². The van der Waals surface area contributed by atoms with E-state index in [1.54, 1.807) is 7.11 Å². The molecule has 3 rings (SSSR count). The minimum atomic E-state index is -0.103. The number of morpholine rings is 1. The number of thiophene rings is 1. The van der Waals surface area contributed by atoms with Crippen molar-refractivity contribution in [2.45, 2.75) is 26.1 Å². The van der Waals surface area contributed by atoms with Gasteiger partial charge in [-0.05, 0) is 37.4 Å². The number of carbonyl (C=O) groups is 1. The molecule has 1 aromatic heterocycles. The molecule has 1 N–H and O–H groups in total. The molecule has 1 aliphatic rings. The van der Waals surface area contributed by atoms with E-state index in [9.17, 15) is 4.79 Å². The maximum atomic E-state index is 12.2. The Morgan fingerprint density at radius 2 is 2.04 bits per heavy atom. The van der Waals surface area contributed by atoms with E-state index >= 15 is 0 Å². The van der Waals surface area contributed by atoms with Crippen LogP contribution >= 0.6 is 11.3 Å². The number of carbonyl (C=O) groups excluding carboxylic acids is 1. The summed E-state index contributed by atoms with van der Waals surface area (Å²) in [4.78, 5) is 15.1. The van der Waals surface area contributed by atoms with Crippen LogP contribution in [0.15, 0.2) is 35.7 Å². The van der Waals surface area contributed by atoms with Crippen LogP contribution in [0.2, 0.25) is 0 Å². The van der Waals surface area contributed by atoms with Gasteiger partial charge < -0.3 is 19.7 Å². The lowest BCUT2D eigenvalue weighted by atomic mass is 10.1. The molecule has 2 heterocycles. The van der Waals surface area contributed by atoms with Gasteiger partial charge in [-0.2, -0.15) is 0 Å². The summed E-state index contributed by atoms with van der Waals surface area (Å²) in [6, 6.07) is 9.44. The number of nitrogens with zero attached hydrogens (tertiary/aromatic N) is 1. The molecule has 24 heavy (non-hydrogen) atoms. The monoisotopic (exact) mass is 346 g/mol. The highest BCUT2D eigenvalue weighted by Crippen LogP contribution is 2.33. The Morgan fingerprint density at radius 1 is 1.29 bits per heavy atom. The zero-order valence-electron chi connectivity index (χ0n) is 14.1. The first-order chi connectivity index (χ1) is 11.6. The van der Waals surface area contributed by atoms with Crippen LogP contribution in [0.5, 0.6) is 5.75 Å². The number of hydrogen-bond donors (Lipinski definition) is 1. The molecule has 1 saturated heterocycles. The van der Waals surface area contributed by atoms with Crippen molar-refractivity contribution in [2.75, 3.05) is 30.4 Å². The Labute approximate surface area is 146 Å². The summed E-state index contributed by atoms with van der Waals surface area (Å²) in [5.41, 5.74) is 1.75. The van der Waals surface area contributed by atoms with Crippen molar-refractivity contribution >= 4 is 28.6 Å². The normalized spacial score (nSPS) is 20.7. The summed E-state index contributed by atoms with van der Waals surface area (Å²) in [7, 11) is 1.65. The van der Waals surface area contributed by atoms with E-state index in [1.807, 2.05) is 35.7 Å². The van der Waals surface area contributed by atoms with Crippen LogP contribution in [0.3, 0.4) is 0 Å². The molecule has 2 unspecified atom stereocenters. The van der Waals surface area contributed by atoms with Crippen LogP contribution in [-0.2, 0) is 4.74 Å². The number of benzene rings is 1. The molecular weight excluding hydrogens is 324 g/mol. The third-order valence-electron chi connectivity index (χ3n) is 3.94. The van der Waals surface area contributed by atoms with Gasteiger partial charge in [0, 0.05) is 24.8 Å². The molecule has 1 aromatic carbocycles. The Hall–Kier alpha value is -2.05. The highest BCUT2D eigenvalue weighted by Gasteiger charge is 2.24. The van der Waals surface area contributed by atoms with Gasteiger partial charge in [-0.1, -0.05) is 6.07 Å². The fourth-order valence-corrected chi connectivity index (χ4v) is 3.61. The van der Waals surface area contributed by atoms with E-state index in [4.69, 9.17) is 9.47 Å². The Bertz CT molecular complexity index is 692. The Morgan fingerprint density at radius 3 is 2.67 bits per heavy atom. The number of amides is 1. The van der Waals surface area contributed by atoms with Crippen molar-refractivity contribution in [1.29, 1.82) is 0 Å². The van der Waals surface area contributed by atoms with E-state index in [0.29, 0.717) is 4.88 Å². The van der Waals surface area contributed by atoms with Crippen molar-refractivity contribution < 1.29 is 14.3 Å². The van der Waals surface area contributed by atoms with Gasteiger partial charge in [0.05, 0.1) is 29.9 Å². The minimum Gasteiger partial charge on any atom is -0.495 e. The topological polar surface area (TPSA) is 50.8 Å². The van der Waals surface area contributed by atoms with Crippen LogP contribution in [0.1, 0.15) is 23.5 Å². The zero-order valence-corrected chi connectivity index (χ0v) is 14.9. The molecule has 1 amide bonds. The van der Waals surface area contributed by atoms with Crippen LogP contribution < -0.4 is 15.0 Å². The van der Waals surface area contributed by atoms with Crippen molar-refractivity contribution in [1.82, 2.24) is 0 Å². The molecule has 1 aliphatic heterocycles. The predicted octanol–water partition coefficient (Wildman–Crippen LogP) is 3.62. The maximum absolute atomic E-state index is 12.2. The quantitative estimate of drug-likeness (QED) is 0.919. The number of hydrogen-bond acceptors (Lipinski definition) is 5. The van der Waals surface area contributed by atoms with Gasteiger partial charge in [-0.25, -0.2) is 0 Å². The average Bonchev–Trinajstić information content (AvgIpc) is 3.08. The number of nitrogens with one attached hydrogen (secondary N) is 1. The van der Waals surface area contributed by atoms with Crippen LogP contribution in [0.4, 0.5) is 11.4 Å². The van der Waals surface area contributed by atoms with Crippen molar-refractivity contribution in [3.05, 3.63) is 40.6 Å². The van der Waals surface area contributed by atoms with E-state index in [0.717, 1.165) is 30.2 Å². The van der Waals surface area contributed by atoms with Gasteiger partial charge in [0.15, 0.2) is 0 Å². The van der Waals surface area contributed by atoms with E-state index < -0.39 is 0 Å². The standard InChI is InChI=1S/C18H22N2O3S/c1-12-10-20(11-13(2)23-12)15-7-6-14(9-16(15)22-3)19-18(21)17-5-4-8-24-17/h4-9,12-13H,10-11H2,1-3H3,(H,19,21). The second-order valence-electron chi connectivity index (χ2n) is 5.98. The fraction of sp³-hybridized carbons (Fsp3) is 0.389. The molecule has 0 saturated carbocycles. The lowest BCUT2D eigenvalue weighted by Gasteiger charge is -2.37. The van der Waals surface area contributed by atoms with Gasteiger partial charge in [0.1, 0.15) is 5.75 Å².